The normalized spacial score (nSPS) is 10.3. The van der Waals surface area contributed by atoms with Crippen LogP contribution in [0.1, 0.15) is 24.5 Å². The molecule has 0 saturated heterocycles. The van der Waals surface area contributed by atoms with Gasteiger partial charge >= 0.3 is 0 Å². The van der Waals surface area contributed by atoms with Gasteiger partial charge in [0, 0.05) is 25.8 Å². The van der Waals surface area contributed by atoms with Crippen molar-refractivity contribution < 1.29 is 4.79 Å². The molecule has 1 aromatic rings. The molecular weight excluding hydrogens is 238 g/mol. The molecular formula is C15H25N3O. The molecule has 0 aliphatic carbocycles. The summed E-state index contributed by atoms with van der Waals surface area (Å²) in [7, 11) is 3.62. The van der Waals surface area contributed by atoms with E-state index in [2.05, 4.69) is 47.6 Å². The quantitative estimate of drug-likeness (QED) is 0.786. The third-order valence-electron chi connectivity index (χ3n) is 3.17. The van der Waals surface area contributed by atoms with Gasteiger partial charge in [-0.15, -0.1) is 0 Å². The number of amides is 1. The van der Waals surface area contributed by atoms with E-state index in [4.69, 9.17) is 0 Å². The Labute approximate surface area is 116 Å². The number of hydrogen-bond acceptors (Lipinski definition) is 3. The summed E-state index contributed by atoms with van der Waals surface area (Å²) in [4.78, 5) is 13.7. The number of carbonyl (C=O) groups excluding carboxylic acids is 1. The first kappa shape index (κ1) is 15.5. The summed E-state index contributed by atoms with van der Waals surface area (Å²) >= 11 is 0. The monoisotopic (exact) mass is 263 g/mol. The lowest BCUT2D eigenvalue weighted by atomic mass is 10.1. The van der Waals surface area contributed by atoms with Crippen LogP contribution in [0.5, 0.6) is 0 Å². The maximum Gasteiger partial charge on any atom is 0.239 e. The Balaban J connectivity index is 2.89. The molecule has 0 atom stereocenters. The summed E-state index contributed by atoms with van der Waals surface area (Å²) < 4.78 is 0. The number of likely N-dealkylation sites (N-methyl/N-ethyl adjacent to an activating group) is 1. The molecule has 19 heavy (non-hydrogen) atoms. The molecule has 0 aromatic heterocycles. The SMILES string of the molecule is CCCN(CC(=O)NC)c1ccc(CNC)c(C)c1. The number of anilines is 1. The van der Waals surface area contributed by atoms with Gasteiger partial charge in [0.15, 0.2) is 0 Å². The van der Waals surface area contributed by atoms with E-state index in [0.29, 0.717) is 6.54 Å². The fourth-order valence-corrected chi connectivity index (χ4v) is 2.09. The van der Waals surface area contributed by atoms with Crippen LogP contribution in [-0.4, -0.2) is 33.1 Å². The zero-order valence-corrected chi connectivity index (χ0v) is 12.4. The van der Waals surface area contributed by atoms with Crippen LogP contribution in [0.3, 0.4) is 0 Å². The highest BCUT2D eigenvalue weighted by Crippen LogP contribution is 2.19. The highest BCUT2D eigenvalue weighted by Gasteiger charge is 2.10. The first-order chi connectivity index (χ1) is 9.12. The molecule has 0 aliphatic rings. The predicted octanol–water partition coefficient (Wildman–Crippen LogP) is 1.68. The molecule has 0 aliphatic heterocycles. The second-order valence-corrected chi connectivity index (χ2v) is 4.74. The van der Waals surface area contributed by atoms with E-state index in [9.17, 15) is 4.79 Å². The first-order valence-electron chi connectivity index (χ1n) is 6.82. The van der Waals surface area contributed by atoms with Gasteiger partial charge in [-0.05, 0) is 43.7 Å². The van der Waals surface area contributed by atoms with Gasteiger partial charge in [-0.1, -0.05) is 13.0 Å². The lowest BCUT2D eigenvalue weighted by Gasteiger charge is -2.24. The first-order valence-corrected chi connectivity index (χ1v) is 6.82. The second kappa shape index (κ2) is 7.79. The molecule has 0 unspecified atom stereocenters. The second-order valence-electron chi connectivity index (χ2n) is 4.74. The minimum Gasteiger partial charge on any atom is -0.362 e. The molecule has 2 N–H and O–H groups in total. The number of nitrogens with one attached hydrogen (secondary N) is 2. The van der Waals surface area contributed by atoms with Crippen molar-refractivity contribution in [3.63, 3.8) is 0 Å². The fourth-order valence-electron chi connectivity index (χ4n) is 2.09. The summed E-state index contributed by atoms with van der Waals surface area (Å²) in [5.41, 5.74) is 3.66. The van der Waals surface area contributed by atoms with Crippen molar-refractivity contribution in [3.8, 4) is 0 Å². The fraction of sp³-hybridized carbons (Fsp3) is 0.533. The molecule has 0 radical (unpaired) electrons. The van der Waals surface area contributed by atoms with E-state index in [0.717, 1.165) is 25.2 Å². The standard InChI is InChI=1S/C15H25N3O/c1-5-8-18(11-15(19)17-4)14-7-6-13(10-16-3)12(2)9-14/h6-7,9,16H,5,8,10-11H2,1-4H3,(H,17,19). The Morgan fingerprint density at radius 2 is 2.05 bits per heavy atom. The van der Waals surface area contributed by atoms with Crippen molar-refractivity contribution >= 4 is 11.6 Å². The minimum absolute atomic E-state index is 0.0467. The number of nitrogens with zero attached hydrogens (tertiary/aromatic N) is 1. The molecule has 0 fully saturated rings. The maximum absolute atomic E-state index is 11.6. The van der Waals surface area contributed by atoms with Gasteiger partial charge in [-0.2, -0.15) is 0 Å². The summed E-state index contributed by atoms with van der Waals surface area (Å²) in [5.74, 6) is 0.0467. The number of benzene rings is 1. The smallest absolute Gasteiger partial charge is 0.239 e. The van der Waals surface area contributed by atoms with Gasteiger partial charge < -0.3 is 15.5 Å². The highest BCUT2D eigenvalue weighted by molar-refractivity contribution is 5.81. The molecule has 0 spiro atoms. The third-order valence-corrected chi connectivity index (χ3v) is 3.17. The number of carbonyl (C=O) groups is 1. The van der Waals surface area contributed by atoms with Crippen LogP contribution in [0.15, 0.2) is 18.2 Å². The Morgan fingerprint density at radius 3 is 2.58 bits per heavy atom. The minimum atomic E-state index is 0.0467. The van der Waals surface area contributed by atoms with Gasteiger partial charge in [0.05, 0.1) is 6.54 Å². The van der Waals surface area contributed by atoms with E-state index >= 15 is 0 Å². The van der Waals surface area contributed by atoms with Crippen LogP contribution in [-0.2, 0) is 11.3 Å². The van der Waals surface area contributed by atoms with Crippen molar-refractivity contribution in [2.24, 2.45) is 0 Å². The van der Waals surface area contributed by atoms with Crippen LogP contribution >= 0.6 is 0 Å². The van der Waals surface area contributed by atoms with E-state index < -0.39 is 0 Å². The maximum atomic E-state index is 11.6. The average Bonchev–Trinajstić information content (AvgIpc) is 2.40. The van der Waals surface area contributed by atoms with Crippen LogP contribution in [0.25, 0.3) is 0 Å². The van der Waals surface area contributed by atoms with Crippen molar-refractivity contribution in [1.29, 1.82) is 0 Å². The summed E-state index contributed by atoms with van der Waals surface area (Å²) in [6, 6.07) is 6.39. The zero-order chi connectivity index (χ0) is 14.3. The van der Waals surface area contributed by atoms with Crippen LogP contribution in [0.4, 0.5) is 5.69 Å². The average molecular weight is 263 g/mol. The Hall–Kier alpha value is -1.55. The molecule has 4 nitrogen and oxygen atoms in total. The van der Waals surface area contributed by atoms with Gasteiger partial charge in [0.25, 0.3) is 0 Å². The molecule has 0 saturated carbocycles. The largest absolute Gasteiger partial charge is 0.362 e. The number of hydrogen-bond donors (Lipinski definition) is 2. The third kappa shape index (κ3) is 4.56. The molecule has 1 rings (SSSR count). The number of rotatable bonds is 7. The van der Waals surface area contributed by atoms with E-state index in [1.165, 1.54) is 11.1 Å². The van der Waals surface area contributed by atoms with Gasteiger partial charge in [-0.3, -0.25) is 4.79 Å². The highest BCUT2D eigenvalue weighted by atomic mass is 16.1. The van der Waals surface area contributed by atoms with Crippen LogP contribution < -0.4 is 15.5 Å². The summed E-state index contributed by atoms with van der Waals surface area (Å²) in [6.07, 6.45) is 1.02. The molecule has 0 bridgehead atoms. The van der Waals surface area contributed by atoms with E-state index in [-0.39, 0.29) is 5.91 Å². The molecule has 4 heteroatoms. The molecule has 1 aromatic carbocycles. The van der Waals surface area contributed by atoms with E-state index in [1.807, 2.05) is 7.05 Å². The molecule has 106 valence electrons. The van der Waals surface area contributed by atoms with Crippen molar-refractivity contribution in [2.75, 3.05) is 32.1 Å². The predicted molar refractivity (Wildman–Crippen MR) is 80.5 cm³/mol. The van der Waals surface area contributed by atoms with E-state index in [1.54, 1.807) is 7.05 Å². The van der Waals surface area contributed by atoms with Gasteiger partial charge in [0.1, 0.15) is 0 Å². The van der Waals surface area contributed by atoms with Gasteiger partial charge in [0.2, 0.25) is 5.91 Å². The Kier molecular flexibility index (Phi) is 6.36. The topological polar surface area (TPSA) is 44.4 Å². The Bertz CT molecular complexity index is 418. The molecule has 1 amide bonds. The molecule has 0 heterocycles. The zero-order valence-electron chi connectivity index (χ0n) is 12.4. The number of aryl methyl sites for hydroxylation is 1. The lowest BCUT2D eigenvalue weighted by molar-refractivity contribution is -0.119. The van der Waals surface area contributed by atoms with Crippen molar-refractivity contribution in [2.45, 2.75) is 26.8 Å². The summed E-state index contributed by atoms with van der Waals surface area (Å²) in [6.45, 7) is 6.40. The van der Waals surface area contributed by atoms with Crippen LogP contribution in [0, 0.1) is 6.92 Å². The lowest BCUT2D eigenvalue weighted by Crippen LogP contribution is -2.36. The van der Waals surface area contributed by atoms with Gasteiger partial charge in [-0.25, -0.2) is 0 Å². The van der Waals surface area contributed by atoms with Crippen molar-refractivity contribution in [3.05, 3.63) is 29.3 Å². The van der Waals surface area contributed by atoms with Crippen LogP contribution in [0.2, 0.25) is 0 Å². The van der Waals surface area contributed by atoms with Crippen molar-refractivity contribution in [1.82, 2.24) is 10.6 Å². The Morgan fingerprint density at radius 1 is 1.32 bits per heavy atom. The summed E-state index contributed by atoms with van der Waals surface area (Å²) in [5, 5.41) is 5.84.